The molecule has 1 saturated carbocycles. The van der Waals surface area contributed by atoms with Crippen LogP contribution >= 0.6 is 0 Å². The van der Waals surface area contributed by atoms with Gasteiger partial charge in [-0.25, -0.2) is 9.18 Å². The Morgan fingerprint density at radius 3 is 2.30 bits per heavy atom. The van der Waals surface area contributed by atoms with Crippen LogP contribution in [0.15, 0.2) is 48.5 Å². The zero-order valence-corrected chi connectivity index (χ0v) is 19.7. The Morgan fingerprint density at radius 2 is 1.73 bits per heavy atom. The van der Waals surface area contributed by atoms with Gasteiger partial charge in [0.1, 0.15) is 35.1 Å². The number of benzene rings is 2. The van der Waals surface area contributed by atoms with E-state index in [4.69, 9.17) is 14.2 Å². The van der Waals surface area contributed by atoms with Crippen LogP contribution < -0.4 is 14.8 Å². The molecule has 2 aromatic carbocycles. The van der Waals surface area contributed by atoms with Crippen molar-refractivity contribution in [3.8, 4) is 11.5 Å². The summed E-state index contributed by atoms with van der Waals surface area (Å²) in [6.07, 6.45) is -1.66. The fraction of sp³-hybridized carbons (Fsp3) is 0.480. The van der Waals surface area contributed by atoms with Crippen molar-refractivity contribution in [3.63, 3.8) is 0 Å². The minimum atomic E-state index is -0.891. The highest BCUT2D eigenvalue weighted by Gasteiger charge is 2.47. The molecule has 1 amide bonds. The van der Waals surface area contributed by atoms with Crippen LogP contribution in [-0.2, 0) is 11.3 Å². The third-order valence-corrected chi connectivity index (χ3v) is 5.53. The number of amides is 1. The number of carbonyl (C=O) groups excluding carboxylic acids is 1. The summed E-state index contributed by atoms with van der Waals surface area (Å²) in [5.74, 6) is 0.852. The smallest absolute Gasteiger partial charge is 0.407 e. The maximum Gasteiger partial charge on any atom is 0.407 e. The van der Waals surface area contributed by atoms with Gasteiger partial charge in [-0.3, -0.25) is 4.90 Å². The van der Waals surface area contributed by atoms with Gasteiger partial charge in [-0.1, -0.05) is 12.1 Å². The number of nitrogens with one attached hydrogen (secondary N) is 1. The van der Waals surface area contributed by atoms with E-state index in [9.17, 15) is 14.3 Å². The first-order valence-electron chi connectivity index (χ1n) is 11.0. The molecule has 3 rings (SSSR count). The largest absolute Gasteiger partial charge is 0.497 e. The van der Waals surface area contributed by atoms with Crippen LogP contribution in [0.5, 0.6) is 11.5 Å². The van der Waals surface area contributed by atoms with Gasteiger partial charge < -0.3 is 24.6 Å². The standard InChI is InChI=1S/C25H33FN2O5/c1-25(2,3)33-24(30)27-20-14-21(32-19-12-8-17(26)9-13-19)23(29)22(20)28(4)15-16-6-10-18(31-5)11-7-16/h6-13,20-23,29H,14-15H2,1-5H3,(H,27,30)/t20-,21-,22+,23+/m1/s1. The summed E-state index contributed by atoms with van der Waals surface area (Å²) in [4.78, 5) is 14.5. The van der Waals surface area contributed by atoms with Crippen molar-refractivity contribution in [2.45, 2.75) is 63.6 Å². The molecule has 180 valence electrons. The van der Waals surface area contributed by atoms with Gasteiger partial charge in [0.15, 0.2) is 0 Å². The van der Waals surface area contributed by atoms with Crippen molar-refractivity contribution < 1.29 is 28.5 Å². The number of halogens is 1. The van der Waals surface area contributed by atoms with E-state index in [-0.39, 0.29) is 5.82 Å². The Balaban J connectivity index is 1.76. The maximum atomic E-state index is 13.3. The predicted octanol–water partition coefficient (Wildman–Crippen LogP) is 3.74. The van der Waals surface area contributed by atoms with Crippen LogP contribution in [0, 0.1) is 5.82 Å². The average molecular weight is 461 g/mol. The Labute approximate surface area is 194 Å². The molecule has 2 N–H and O–H groups in total. The molecule has 2 aromatic rings. The third kappa shape index (κ3) is 6.82. The number of likely N-dealkylation sites (N-methyl/N-ethyl adjacent to an activating group) is 1. The van der Waals surface area contributed by atoms with Crippen LogP contribution in [0.1, 0.15) is 32.8 Å². The normalized spacial score (nSPS) is 22.8. The molecule has 0 bridgehead atoms. The average Bonchev–Trinajstić information content (AvgIpc) is 3.03. The van der Waals surface area contributed by atoms with E-state index >= 15 is 0 Å². The SMILES string of the molecule is COc1ccc(CN(C)[C@@H]2[C@@H](O)[C@H](Oc3ccc(F)cc3)C[C@H]2NC(=O)OC(C)(C)C)cc1. The molecule has 0 heterocycles. The third-order valence-electron chi connectivity index (χ3n) is 5.53. The molecule has 0 unspecified atom stereocenters. The van der Waals surface area contributed by atoms with Crippen LogP contribution in [0.25, 0.3) is 0 Å². The molecule has 0 aliphatic heterocycles. The lowest BCUT2D eigenvalue weighted by Gasteiger charge is -2.32. The van der Waals surface area contributed by atoms with E-state index in [0.29, 0.717) is 18.7 Å². The lowest BCUT2D eigenvalue weighted by molar-refractivity contribution is 0.0108. The summed E-state index contributed by atoms with van der Waals surface area (Å²) >= 11 is 0. The Hall–Kier alpha value is -2.84. The summed E-state index contributed by atoms with van der Waals surface area (Å²) < 4.78 is 29.9. The number of ether oxygens (including phenoxy) is 3. The molecular weight excluding hydrogens is 427 g/mol. The Morgan fingerprint density at radius 1 is 1.12 bits per heavy atom. The number of nitrogens with zero attached hydrogens (tertiary/aromatic N) is 1. The molecule has 1 fully saturated rings. The van der Waals surface area contributed by atoms with Gasteiger partial charge in [-0.15, -0.1) is 0 Å². The van der Waals surface area contributed by atoms with Crippen molar-refractivity contribution >= 4 is 6.09 Å². The molecule has 1 aliphatic carbocycles. The van der Waals surface area contributed by atoms with Crippen LogP contribution in [0.2, 0.25) is 0 Å². The second kappa shape index (κ2) is 10.4. The van der Waals surface area contributed by atoms with Gasteiger partial charge in [-0.2, -0.15) is 0 Å². The fourth-order valence-corrected chi connectivity index (χ4v) is 4.09. The van der Waals surface area contributed by atoms with Crippen LogP contribution in [0.4, 0.5) is 9.18 Å². The number of carbonyl (C=O) groups is 1. The van der Waals surface area contributed by atoms with Crippen molar-refractivity contribution in [1.29, 1.82) is 0 Å². The highest BCUT2D eigenvalue weighted by atomic mass is 19.1. The van der Waals surface area contributed by atoms with Gasteiger partial charge in [0.2, 0.25) is 0 Å². The van der Waals surface area contributed by atoms with E-state index in [0.717, 1.165) is 11.3 Å². The number of aliphatic hydroxyl groups is 1. The highest BCUT2D eigenvalue weighted by Crippen LogP contribution is 2.30. The van der Waals surface area contributed by atoms with Gasteiger partial charge in [0.05, 0.1) is 19.2 Å². The van der Waals surface area contributed by atoms with Gasteiger partial charge in [-0.05, 0) is 69.8 Å². The van der Waals surface area contributed by atoms with Crippen molar-refractivity contribution in [2.24, 2.45) is 0 Å². The molecule has 0 spiro atoms. The maximum absolute atomic E-state index is 13.3. The summed E-state index contributed by atoms with van der Waals surface area (Å²) in [5.41, 5.74) is 0.389. The molecule has 8 heteroatoms. The van der Waals surface area contributed by atoms with Crippen molar-refractivity contribution in [3.05, 3.63) is 59.9 Å². The summed E-state index contributed by atoms with van der Waals surface area (Å²) in [5, 5.41) is 14.1. The van der Waals surface area contributed by atoms with Gasteiger partial charge in [0, 0.05) is 13.0 Å². The van der Waals surface area contributed by atoms with Crippen LogP contribution in [0.3, 0.4) is 0 Å². The predicted molar refractivity (Wildman–Crippen MR) is 123 cm³/mol. The molecule has 7 nitrogen and oxygen atoms in total. The van der Waals surface area contributed by atoms with E-state index in [1.807, 2.05) is 36.2 Å². The molecular formula is C25H33FN2O5. The van der Waals surface area contributed by atoms with Gasteiger partial charge in [0.25, 0.3) is 0 Å². The van der Waals surface area contributed by atoms with Crippen LogP contribution in [-0.4, -0.2) is 60.1 Å². The number of alkyl carbamates (subject to hydrolysis) is 1. The van der Waals surface area contributed by atoms with Gasteiger partial charge >= 0.3 is 6.09 Å². The first-order chi connectivity index (χ1) is 15.6. The Kier molecular flexibility index (Phi) is 7.81. The minimum Gasteiger partial charge on any atom is -0.497 e. The molecule has 1 aliphatic rings. The van der Waals surface area contributed by atoms with E-state index in [1.165, 1.54) is 24.3 Å². The fourth-order valence-electron chi connectivity index (χ4n) is 4.09. The second-order valence-corrected chi connectivity index (χ2v) is 9.34. The summed E-state index contributed by atoms with van der Waals surface area (Å²) in [7, 11) is 3.51. The quantitative estimate of drug-likeness (QED) is 0.655. The molecule has 0 radical (unpaired) electrons. The number of hydrogen-bond donors (Lipinski definition) is 2. The molecule has 0 aromatic heterocycles. The lowest BCUT2D eigenvalue weighted by Crippen LogP contribution is -2.52. The molecule has 4 atom stereocenters. The van der Waals surface area contributed by atoms with Crippen molar-refractivity contribution in [2.75, 3.05) is 14.2 Å². The summed E-state index contributed by atoms with van der Waals surface area (Å²) in [6.45, 7) is 5.93. The number of methoxy groups -OCH3 is 1. The minimum absolute atomic E-state index is 0.365. The number of aliphatic hydroxyl groups excluding tert-OH is 1. The topological polar surface area (TPSA) is 80.3 Å². The number of hydrogen-bond acceptors (Lipinski definition) is 6. The van der Waals surface area contributed by atoms with Crippen molar-refractivity contribution in [1.82, 2.24) is 10.2 Å². The first-order valence-corrected chi connectivity index (χ1v) is 11.0. The molecule has 0 saturated heterocycles. The van der Waals surface area contributed by atoms with E-state index in [1.54, 1.807) is 27.9 Å². The summed E-state index contributed by atoms with van der Waals surface area (Å²) in [6, 6.07) is 12.5. The first kappa shape index (κ1) is 24.8. The molecule has 33 heavy (non-hydrogen) atoms. The second-order valence-electron chi connectivity index (χ2n) is 9.34. The lowest BCUT2D eigenvalue weighted by atomic mass is 10.1. The zero-order valence-electron chi connectivity index (χ0n) is 19.7. The van der Waals surface area contributed by atoms with E-state index in [2.05, 4.69) is 5.32 Å². The highest BCUT2D eigenvalue weighted by molar-refractivity contribution is 5.68. The Bertz CT molecular complexity index is 914. The zero-order chi connectivity index (χ0) is 24.2. The van der Waals surface area contributed by atoms with E-state index < -0.39 is 36.0 Å². The number of rotatable bonds is 7. The monoisotopic (exact) mass is 460 g/mol.